The fraction of sp³-hybridized carbons (Fsp3) is 0.909. The van der Waals surface area contributed by atoms with Gasteiger partial charge in [0.25, 0.3) is 5.91 Å². The lowest BCUT2D eigenvalue weighted by Crippen LogP contribution is -2.52. The van der Waals surface area contributed by atoms with Crippen molar-refractivity contribution in [2.24, 2.45) is 5.73 Å². The number of amides is 1. The summed E-state index contributed by atoms with van der Waals surface area (Å²) < 4.78 is 5.01. The topological polar surface area (TPSA) is 64.3 Å². The summed E-state index contributed by atoms with van der Waals surface area (Å²) in [4.78, 5) is 11.8. The van der Waals surface area contributed by atoms with E-state index in [0.29, 0.717) is 0 Å². The summed E-state index contributed by atoms with van der Waals surface area (Å²) in [5.74, 6) is -0.0793. The lowest BCUT2D eigenvalue weighted by Gasteiger charge is -2.35. The Labute approximate surface area is 91.5 Å². The summed E-state index contributed by atoms with van der Waals surface area (Å²) in [7, 11) is 1.51. The average molecular weight is 214 g/mol. The minimum atomic E-state index is -0.510. The van der Waals surface area contributed by atoms with E-state index in [-0.39, 0.29) is 18.0 Å². The molecule has 4 heteroatoms. The molecule has 0 bridgehead atoms. The van der Waals surface area contributed by atoms with Crippen LogP contribution >= 0.6 is 0 Å². The molecule has 1 fully saturated rings. The molecule has 1 amide bonds. The Hall–Kier alpha value is -0.610. The molecule has 88 valence electrons. The molecule has 0 radical (unpaired) electrons. The number of nitrogens with two attached hydrogens (primary N) is 1. The van der Waals surface area contributed by atoms with Gasteiger partial charge >= 0.3 is 0 Å². The van der Waals surface area contributed by atoms with Gasteiger partial charge in [-0.15, -0.1) is 0 Å². The maximum atomic E-state index is 11.8. The maximum absolute atomic E-state index is 11.8. The van der Waals surface area contributed by atoms with Crippen molar-refractivity contribution < 1.29 is 9.53 Å². The van der Waals surface area contributed by atoms with Crippen LogP contribution in [0.2, 0.25) is 0 Å². The lowest BCUT2D eigenvalue weighted by molar-refractivity contribution is -0.132. The van der Waals surface area contributed by atoms with Crippen LogP contribution in [0.3, 0.4) is 0 Å². The summed E-state index contributed by atoms with van der Waals surface area (Å²) in [6.07, 6.45) is 5.26. The second-order valence-corrected chi connectivity index (χ2v) is 4.57. The third kappa shape index (κ3) is 3.47. The number of carbonyl (C=O) groups is 1. The van der Waals surface area contributed by atoms with Gasteiger partial charge in [-0.2, -0.15) is 0 Å². The van der Waals surface area contributed by atoms with Crippen LogP contribution in [0.1, 0.15) is 39.0 Å². The summed E-state index contributed by atoms with van der Waals surface area (Å²) in [6, 6.07) is 0. The number of carbonyl (C=O) groups excluding carboxylic acids is 1. The average Bonchev–Trinajstić information content (AvgIpc) is 2.19. The third-order valence-electron chi connectivity index (χ3n) is 3.17. The SMILES string of the molecule is COC(CN)C(=O)NC1(C)CCCCC1. The van der Waals surface area contributed by atoms with Gasteiger partial charge in [0.15, 0.2) is 0 Å². The predicted octanol–water partition coefficient (Wildman–Crippen LogP) is 0.799. The minimum absolute atomic E-state index is 0.0543. The molecule has 1 rings (SSSR count). The first-order valence-electron chi connectivity index (χ1n) is 5.66. The van der Waals surface area contributed by atoms with Gasteiger partial charge in [-0.05, 0) is 19.8 Å². The van der Waals surface area contributed by atoms with E-state index in [4.69, 9.17) is 10.5 Å². The van der Waals surface area contributed by atoms with Crippen molar-refractivity contribution in [2.75, 3.05) is 13.7 Å². The van der Waals surface area contributed by atoms with Crippen LogP contribution in [-0.2, 0) is 9.53 Å². The van der Waals surface area contributed by atoms with Crippen molar-refractivity contribution in [1.29, 1.82) is 0 Å². The van der Waals surface area contributed by atoms with Crippen LogP contribution in [0.5, 0.6) is 0 Å². The highest BCUT2D eigenvalue weighted by atomic mass is 16.5. The van der Waals surface area contributed by atoms with Crippen LogP contribution < -0.4 is 11.1 Å². The van der Waals surface area contributed by atoms with Gasteiger partial charge in [-0.3, -0.25) is 4.79 Å². The van der Waals surface area contributed by atoms with Gasteiger partial charge in [0.05, 0.1) is 0 Å². The Morgan fingerprint density at radius 1 is 1.47 bits per heavy atom. The zero-order valence-corrected chi connectivity index (χ0v) is 9.71. The number of hydrogen-bond acceptors (Lipinski definition) is 3. The van der Waals surface area contributed by atoms with Crippen LogP contribution in [0.4, 0.5) is 0 Å². The Bertz CT molecular complexity index is 209. The van der Waals surface area contributed by atoms with E-state index in [1.165, 1.54) is 26.4 Å². The van der Waals surface area contributed by atoms with Gasteiger partial charge in [0, 0.05) is 19.2 Å². The van der Waals surface area contributed by atoms with E-state index in [1.807, 2.05) is 0 Å². The molecule has 1 unspecified atom stereocenters. The molecule has 0 saturated heterocycles. The monoisotopic (exact) mass is 214 g/mol. The van der Waals surface area contributed by atoms with Crippen LogP contribution in [-0.4, -0.2) is 31.2 Å². The van der Waals surface area contributed by atoms with Gasteiger partial charge in [-0.1, -0.05) is 19.3 Å². The summed E-state index contributed by atoms with van der Waals surface area (Å²) >= 11 is 0. The van der Waals surface area contributed by atoms with Crippen LogP contribution in [0.15, 0.2) is 0 Å². The first kappa shape index (κ1) is 12.5. The number of rotatable bonds is 4. The molecule has 4 nitrogen and oxygen atoms in total. The minimum Gasteiger partial charge on any atom is -0.370 e. The second-order valence-electron chi connectivity index (χ2n) is 4.57. The predicted molar refractivity (Wildman–Crippen MR) is 59.5 cm³/mol. The van der Waals surface area contributed by atoms with Gasteiger partial charge in [0.1, 0.15) is 6.10 Å². The van der Waals surface area contributed by atoms with E-state index in [9.17, 15) is 4.79 Å². The standard InChI is InChI=1S/C11H22N2O2/c1-11(6-4-3-5-7-11)13-10(14)9(8-12)15-2/h9H,3-8,12H2,1-2H3,(H,13,14). The highest BCUT2D eigenvalue weighted by molar-refractivity contribution is 5.81. The molecule has 0 heterocycles. The smallest absolute Gasteiger partial charge is 0.250 e. The Morgan fingerprint density at radius 2 is 2.07 bits per heavy atom. The largest absolute Gasteiger partial charge is 0.370 e. The molecule has 1 atom stereocenters. The van der Waals surface area contributed by atoms with Crippen molar-refractivity contribution in [2.45, 2.75) is 50.7 Å². The van der Waals surface area contributed by atoms with Crippen LogP contribution in [0, 0.1) is 0 Å². The van der Waals surface area contributed by atoms with Gasteiger partial charge < -0.3 is 15.8 Å². The summed E-state index contributed by atoms with van der Waals surface area (Å²) in [5, 5.41) is 3.05. The zero-order chi connectivity index (χ0) is 11.3. The molecule has 0 aromatic carbocycles. The van der Waals surface area contributed by atoms with Crippen LogP contribution in [0.25, 0.3) is 0 Å². The molecule has 1 aliphatic rings. The molecule has 0 spiro atoms. The third-order valence-corrected chi connectivity index (χ3v) is 3.17. The van der Waals surface area contributed by atoms with E-state index >= 15 is 0 Å². The van der Waals surface area contributed by atoms with E-state index < -0.39 is 6.10 Å². The van der Waals surface area contributed by atoms with E-state index in [0.717, 1.165) is 12.8 Å². The first-order valence-corrected chi connectivity index (χ1v) is 5.66. The van der Waals surface area contributed by atoms with E-state index in [2.05, 4.69) is 12.2 Å². The molecule has 1 saturated carbocycles. The fourth-order valence-corrected chi connectivity index (χ4v) is 2.15. The molecule has 15 heavy (non-hydrogen) atoms. The molecular formula is C11H22N2O2. The summed E-state index contributed by atoms with van der Waals surface area (Å²) in [6.45, 7) is 2.34. The van der Waals surface area contributed by atoms with Crippen molar-refractivity contribution in [3.63, 3.8) is 0 Å². The fourth-order valence-electron chi connectivity index (χ4n) is 2.15. The maximum Gasteiger partial charge on any atom is 0.250 e. The number of hydrogen-bond donors (Lipinski definition) is 2. The quantitative estimate of drug-likeness (QED) is 0.727. The molecule has 1 aliphatic carbocycles. The number of methoxy groups -OCH3 is 1. The van der Waals surface area contributed by atoms with Crippen molar-refractivity contribution in [3.05, 3.63) is 0 Å². The van der Waals surface area contributed by atoms with Crippen molar-refractivity contribution >= 4 is 5.91 Å². The molecule has 3 N–H and O–H groups in total. The highest BCUT2D eigenvalue weighted by Crippen LogP contribution is 2.27. The van der Waals surface area contributed by atoms with Gasteiger partial charge in [0.2, 0.25) is 0 Å². The Morgan fingerprint density at radius 3 is 2.53 bits per heavy atom. The van der Waals surface area contributed by atoms with Crippen molar-refractivity contribution in [1.82, 2.24) is 5.32 Å². The highest BCUT2D eigenvalue weighted by Gasteiger charge is 2.30. The normalized spacial score (nSPS) is 22.1. The Kier molecular flexibility index (Phi) is 4.54. The number of ether oxygens (including phenoxy) is 1. The van der Waals surface area contributed by atoms with E-state index in [1.54, 1.807) is 0 Å². The summed E-state index contributed by atoms with van der Waals surface area (Å²) in [5.41, 5.74) is 5.39. The van der Waals surface area contributed by atoms with Gasteiger partial charge in [-0.25, -0.2) is 0 Å². The lowest BCUT2D eigenvalue weighted by atomic mass is 9.83. The molecule has 0 aliphatic heterocycles. The zero-order valence-electron chi connectivity index (χ0n) is 9.71. The Balaban J connectivity index is 2.48. The number of nitrogens with one attached hydrogen (secondary N) is 1. The molecule has 0 aromatic heterocycles. The second kappa shape index (κ2) is 5.47. The first-order chi connectivity index (χ1) is 7.11. The molecular weight excluding hydrogens is 192 g/mol. The molecule has 0 aromatic rings. The van der Waals surface area contributed by atoms with Crippen molar-refractivity contribution in [3.8, 4) is 0 Å².